The number of benzene rings is 1. The molecule has 1 aliphatic heterocycles. The summed E-state index contributed by atoms with van der Waals surface area (Å²) in [7, 11) is 0. The molecule has 0 atom stereocenters. The lowest BCUT2D eigenvalue weighted by atomic mass is 10.2. The van der Waals surface area contributed by atoms with E-state index in [-0.39, 0.29) is 12.3 Å². The number of carboxylic acid groups (broad SMARTS) is 1. The van der Waals surface area contributed by atoms with Crippen molar-refractivity contribution in [2.24, 2.45) is 0 Å². The van der Waals surface area contributed by atoms with Crippen LogP contribution in [-0.4, -0.2) is 35.6 Å². The maximum absolute atomic E-state index is 11.9. The van der Waals surface area contributed by atoms with E-state index in [4.69, 9.17) is 5.11 Å². The molecule has 100 valence electrons. The quantitative estimate of drug-likeness (QED) is 0.832. The second-order valence-corrected chi connectivity index (χ2v) is 5.19. The SMILES string of the molecule is O=Cc1ccc2c(c1)SCC(=O)N2CCCC(=O)O. The fraction of sp³-hybridized carbons (Fsp3) is 0.308. The van der Waals surface area contributed by atoms with Crippen molar-refractivity contribution in [2.75, 3.05) is 17.2 Å². The van der Waals surface area contributed by atoms with E-state index in [2.05, 4.69) is 0 Å². The first kappa shape index (κ1) is 13.6. The summed E-state index contributed by atoms with van der Waals surface area (Å²) in [6.07, 6.45) is 1.23. The molecule has 0 spiro atoms. The smallest absolute Gasteiger partial charge is 0.303 e. The fourth-order valence-electron chi connectivity index (χ4n) is 1.93. The highest BCUT2D eigenvalue weighted by atomic mass is 32.2. The zero-order valence-electron chi connectivity index (χ0n) is 10.2. The second kappa shape index (κ2) is 5.88. The molecule has 19 heavy (non-hydrogen) atoms. The zero-order valence-corrected chi connectivity index (χ0v) is 11.0. The second-order valence-electron chi connectivity index (χ2n) is 4.18. The minimum atomic E-state index is -0.865. The number of thioether (sulfide) groups is 1. The van der Waals surface area contributed by atoms with Crippen LogP contribution in [0.25, 0.3) is 0 Å². The molecule has 0 fully saturated rings. The first-order valence-corrected chi connectivity index (χ1v) is 6.84. The molecular weight excluding hydrogens is 266 g/mol. The van der Waals surface area contributed by atoms with Crippen LogP contribution in [0.5, 0.6) is 0 Å². The Morgan fingerprint density at radius 1 is 1.47 bits per heavy atom. The van der Waals surface area contributed by atoms with Crippen LogP contribution in [0.1, 0.15) is 23.2 Å². The number of aliphatic carboxylic acids is 1. The summed E-state index contributed by atoms with van der Waals surface area (Å²) in [6, 6.07) is 5.16. The molecule has 0 saturated heterocycles. The van der Waals surface area contributed by atoms with Crippen LogP contribution < -0.4 is 4.90 Å². The van der Waals surface area contributed by atoms with Gasteiger partial charge in [0.2, 0.25) is 5.91 Å². The van der Waals surface area contributed by atoms with Crippen molar-refractivity contribution < 1.29 is 19.5 Å². The van der Waals surface area contributed by atoms with Gasteiger partial charge in [0.25, 0.3) is 0 Å². The van der Waals surface area contributed by atoms with Crippen molar-refractivity contribution in [3.63, 3.8) is 0 Å². The summed E-state index contributed by atoms with van der Waals surface area (Å²) < 4.78 is 0. The van der Waals surface area contributed by atoms with Gasteiger partial charge in [-0.3, -0.25) is 14.4 Å². The number of hydrogen-bond donors (Lipinski definition) is 1. The lowest BCUT2D eigenvalue weighted by Gasteiger charge is -2.29. The van der Waals surface area contributed by atoms with Crippen molar-refractivity contribution in [2.45, 2.75) is 17.7 Å². The van der Waals surface area contributed by atoms with E-state index in [1.165, 1.54) is 11.8 Å². The molecule has 1 aliphatic rings. The van der Waals surface area contributed by atoms with Crippen molar-refractivity contribution in [1.29, 1.82) is 0 Å². The summed E-state index contributed by atoms with van der Waals surface area (Å²) in [5, 5.41) is 8.63. The molecule has 1 amide bonds. The Kier molecular flexibility index (Phi) is 4.21. The average Bonchev–Trinajstić information content (AvgIpc) is 2.40. The maximum atomic E-state index is 11.9. The van der Waals surface area contributed by atoms with Gasteiger partial charge in [-0.25, -0.2) is 0 Å². The zero-order chi connectivity index (χ0) is 13.8. The molecule has 6 heteroatoms. The summed E-state index contributed by atoms with van der Waals surface area (Å²) in [6.45, 7) is 0.388. The normalized spacial score (nSPS) is 14.1. The van der Waals surface area contributed by atoms with E-state index in [0.717, 1.165) is 16.9 Å². The van der Waals surface area contributed by atoms with E-state index in [0.29, 0.717) is 24.3 Å². The molecule has 0 radical (unpaired) electrons. The van der Waals surface area contributed by atoms with Crippen LogP contribution in [-0.2, 0) is 9.59 Å². The minimum Gasteiger partial charge on any atom is -0.481 e. The number of carbonyl (C=O) groups is 3. The third-order valence-corrected chi connectivity index (χ3v) is 3.86. The Morgan fingerprint density at radius 2 is 2.26 bits per heavy atom. The topological polar surface area (TPSA) is 74.7 Å². The standard InChI is InChI=1S/C13H13NO4S/c15-7-9-3-4-10-11(6-9)19-8-12(16)14(10)5-1-2-13(17)18/h3-4,6-7H,1-2,5,8H2,(H,17,18). The number of amides is 1. The van der Waals surface area contributed by atoms with Crippen molar-refractivity contribution in [3.8, 4) is 0 Å². The van der Waals surface area contributed by atoms with Crippen LogP contribution in [0.15, 0.2) is 23.1 Å². The predicted molar refractivity (Wildman–Crippen MR) is 71.8 cm³/mol. The third-order valence-electron chi connectivity index (χ3n) is 2.84. The summed E-state index contributed by atoms with van der Waals surface area (Å²) in [4.78, 5) is 35.6. The molecule has 1 N–H and O–H groups in total. The number of anilines is 1. The monoisotopic (exact) mass is 279 g/mol. The number of hydrogen-bond acceptors (Lipinski definition) is 4. The van der Waals surface area contributed by atoms with E-state index >= 15 is 0 Å². The Labute approximate surface area is 114 Å². The van der Waals surface area contributed by atoms with Gasteiger partial charge in [-0.2, -0.15) is 0 Å². The number of nitrogens with zero attached hydrogens (tertiary/aromatic N) is 1. The third kappa shape index (κ3) is 3.14. The van der Waals surface area contributed by atoms with E-state index in [9.17, 15) is 14.4 Å². The number of rotatable bonds is 5. The van der Waals surface area contributed by atoms with E-state index in [1.807, 2.05) is 0 Å². The maximum Gasteiger partial charge on any atom is 0.303 e. The lowest BCUT2D eigenvalue weighted by molar-refractivity contribution is -0.137. The number of carboxylic acids is 1. The van der Waals surface area contributed by atoms with E-state index in [1.54, 1.807) is 23.1 Å². The summed E-state index contributed by atoms with van der Waals surface area (Å²) in [5.74, 6) is -0.570. The van der Waals surface area contributed by atoms with Gasteiger partial charge in [0.1, 0.15) is 6.29 Å². The largest absolute Gasteiger partial charge is 0.481 e. The molecule has 0 unspecified atom stereocenters. The molecule has 1 aromatic rings. The molecule has 0 bridgehead atoms. The van der Waals surface area contributed by atoms with Crippen LogP contribution in [0, 0.1) is 0 Å². The molecule has 1 aromatic carbocycles. The summed E-state index contributed by atoms with van der Waals surface area (Å²) >= 11 is 1.40. The molecular formula is C13H13NO4S. The van der Waals surface area contributed by atoms with Crippen LogP contribution in [0.4, 0.5) is 5.69 Å². The van der Waals surface area contributed by atoms with Gasteiger partial charge >= 0.3 is 5.97 Å². The van der Waals surface area contributed by atoms with Crippen molar-refractivity contribution in [3.05, 3.63) is 23.8 Å². The highest BCUT2D eigenvalue weighted by Crippen LogP contribution is 2.35. The van der Waals surface area contributed by atoms with Crippen molar-refractivity contribution >= 4 is 35.6 Å². The number of carbonyl (C=O) groups excluding carboxylic acids is 2. The van der Waals surface area contributed by atoms with Crippen molar-refractivity contribution in [1.82, 2.24) is 0 Å². The van der Waals surface area contributed by atoms with Crippen LogP contribution in [0.3, 0.4) is 0 Å². The van der Waals surface area contributed by atoms with Gasteiger partial charge < -0.3 is 10.0 Å². The molecule has 0 saturated carbocycles. The average molecular weight is 279 g/mol. The minimum absolute atomic E-state index is 0.0262. The number of aldehydes is 1. The Balaban J connectivity index is 2.18. The van der Waals surface area contributed by atoms with Gasteiger partial charge in [0, 0.05) is 23.4 Å². The predicted octanol–water partition coefficient (Wildman–Crippen LogP) is 1.80. The number of fused-ring (bicyclic) bond motifs is 1. The van der Waals surface area contributed by atoms with Gasteiger partial charge in [-0.1, -0.05) is 0 Å². The molecule has 0 aromatic heterocycles. The molecule has 1 heterocycles. The van der Waals surface area contributed by atoms with Gasteiger partial charge in [0.15, 0.2) is 0 Å². The van der Waals surface area contributed by atoms with Crippen LogP contribution >= 0.6 is 11.8 Å². The molecule has 0 aliphatic carbocycles. The molecule has 5 nitrogen and oxygen atoms in total. The lowest BCUT2D eigenvalue weighted by Crippen LogP contribution is -2.36. The first-order chi connectivity index (χ1) is 9.11. The highest BCUT2D eigenvalue weighted by molar-refractivity contribution is 8.00. The molecule has 2 rings (SSSR count). The fourth-order valence-corrected chi connectivity index (χ4v) is 2.91. The highest BCUT2D eigenvalue weighted by Gasteiger charge is 2.24. The van der Waals surface area contributed by atoms with Gasteiger partial charge in [-0.05, 0) is 24.6 Å². The Morgan fingerprint density at radius 3 is 2.95 bits per heavy atom. The van der Waals surface area contributed by atoms with Gasteiger partial charge in [-0.15, -0.1) is 11.8 Å². The Bertz CT molecular complexity index is 529. The van der Waals surface area contributed by atoms with Crippen LogP contribution in [0.2, 0.25) is 0 Å². The van der Waals surface area contributed by atoms with E-state index < -0.39 is 5.97 Å². The van der Waals surface area contributed by atoms with Gasteiger partial charge in [0.05, 0.1) is 11.4 Å². The summed E-state index contributed by atoms with van der Waals surface area (Å²) in [5.41, 5.74) is 1.34. The Hall–Kier alpha value is -1.82. The first-order valence-electron chi connectivity index (χ1n) is 5.86.